The van der Waals surface area contributed by atoms with Crippen molar-refractivity contribution in [2.45, 2.75) is 59.5 Å². The Morgan fingerprint density at radius 3 is 2.42 bits per heavy atom. The van der Waals surface area contributed by atoms with Crippen molar-refractivity contribution in [1.29, 1.82) is 0 Å². The van der Waals surface area contributed by atoms with Crippen molar-refractivity contribution in [3.8, 4) is 5.75 Å². The molecule has 1 aliphatic rings. The lowest BCUT2D eigenvalue weighted by atomic mass is 10.0. The van der Waals surface area contributed by atoms with E-state index < -0.39 is 0 Å². The van der Waals surface area contributed by atoms with Crippen molar-refractivity contribution in [3.63, 3.8) is 0 Å². The summed E-state index contributed by atoms with van der Waals surface area (Å²) in [6.07, 6.45) is 3.90. The van der Waals surface area contributed by atoms with Crippen LogP contribution in [0, 0.1) is 13.8 Å². The summed E-state index contributed by atoms with van der Waals surface area (Å²) in [7, 11) is 1.91. The van der Waals surface area contributed by atoms with E-state index in [1.165, 1.54) is 0 Å². The molecule has 2 heterocycles. The van der Waals surface area contributed by atoms with Gasteiger partial charge in [0.15, 0.2) is 6.61 Å². The van der Waals surface area contributed by atoms with E-state index in [0.717, 1.165) is 47.6 Å². The van der Waals surface area contributed by atoms with E-state index in [2.05, 4.69) is 23.8 Å². The second kappa shape index (κ2) is 13.6. The van der Waals surface area contributed by atoms with Crippen LogP contribution in [0.4, 0.5) is 5.69 Å². The van der Waals surface area contributed by atoms with E-state index >= 15 is 0 Å². The topological polar surface area (TPSA) is 70.9 Å². The first-order chi connectivity index (χ1) is 19.2. The molecule has 0 bridgehead atoms. The van der Waals surface area contributed by atoms with Crippen LogP contribution in [0.3, 0.4) is 0 Å². The highest BCUT2D eigenvalue weighted by atomic mass is 16.5. The zero-order valence-corrected chi connectivity index (χ0v) is 24.6. The Balaban J connectivity index is 1.60. The van der Waals surface area contributed by atoms with Crippen LogP contribution in [-0.4, -0.2) is 70.2 Å². The van der Waals surface area contributed by atoms with Gasteiger partial charge in [0.2, 0.25) is 5.91 Å². The van der Waals surface area contributed by atoms with Gasteiger partial charge in [0.1, 0.15) is 5.75 Å². The Labute approximate surface area is 238 Å². The number of hydrogen-bond donors (Lipinski definition) is 0. The zero-order valence-electron chi connectivity index (χ0n) is 24.6. The number of carbonyl (C=O) groups excluding carboxylic acids is 2. The molecule has 0 spiro atoms. The van der Waals surface area contributed by atoms with E-state index in [4.69, 9.17) is 4.74 Å². The third-order valence-electron chi connectivity index (χ3n) is 7.65. The quantitative estimate of drug-likeness (QED) is 0.437. The van der Waals surface area contributed by atoms with Crippen LogP contribution in [0.25, 0.3) is 0 Å². The Hall–Kier alpha value is -3.65. The smallest absolute Gasteiger partial charge is 0.264 e. The van der Waals surface area contributed by atoms with Crippen LogP contribution in [-0.2, 0) is 29.6 Å². The lowest BCUT2D eigenvalue weighted by Gasteiger charge is -2.30. The number of ether oxygens (including phenoxy) is 1. The summed E-state index contributed by atoms with van der Waals surface area (Å²) in [6.45, 7) is 11.7. The maximum Gasteiger partial charge on any atom is 0.264 e. The number of aromatic nitrogens is 2. The van der Waals surface area contributed by atoms with Gasteiger partial charge in [0.05, 0.1) is 11.4 Å². The van der Waals surface area contributed by atoms with Crippen molar-refractivity contribution in [2.24, 2.45) is 7.05 Å². The summed E-state index contributed by atoms with van der Waals surface area (Å²) in [5, 5.41) is 4.43. The number of amides is 2. The van der Waals surface area contributed by atoms with Crippen molar-refractivity contribution >= 4 is 17.5 Å². The number of benzene rings is 2. The number of carbonyl (C=O) groups is 2. The second-order valence-electron chi connectivity index (χ2n) is 10.9. The Morgan fingerprint density at radius 2 is 1.73 bits per heavy atom. The summed E-state index contributed by atoms with van der Waals surface area (Å²) in [5.74, 6) is 0.703. The summed E-state index contributed by atoms with van der Waals surface area (Å²) in [5.41, 5.74) is 4.96. The van der Waals surface area contributed by atoms with Crippen LogP contribution < -0.4 is 9.64 Å². The van der Waals surface area contributed by atoms with E-state index in [-0.39, 0.29) is 18.4 Å². The highest BCUT2D eigenvalue weighted by Crippen LogP contribution is 2.28. The molecule has 0 atom stereocenters. The summed E-state index contributed by atoms with van der Waals surface area (Å²) in [4.78, 5) is 33.6. The Bertz CT molecular complexity index is 1290. The maximum absolute atomic E-state index is 13.7. The van der Waals surface area contributed by atoms with E-state index in [9.17, 15) is 9.59 Å². The molecular weight excluding hydrogens is 502 g/mol. The highest BCUT2D eigenvalue weighted by molar-refractivity contribution is 5.96. The molecule has 1 aliphatic heterocycles. The zero-order chi connectivity index (χ0) is 28.6. The van der Waals surface area contributed by atoms with Gasteiger partial charge in [-0.05, 0) is 69.4 Å². The van der Waals surface area contributed by atoms with Crippen LogP contribution >= 0.6 is 0 Å². The van der Waals surface area contributed by atoms with Crippen molar-refractivity contribution in [2.75, 3.05) is 37.7 Å². The first-order valence-corrected chi connectivity index (χ1v) is 14.3. The lowest BCUT2D eigenvalue weighted by Crippen LogP contribution is -2.41. The molecule has 8 nitrogen and oxygen atoms in total. The van der Waals surface area contributed by atoms with E-state index in [1.54, 1.807) is 4.68 Å². The van der Waals surface area contributed by atoms with Gasteiger partial charge >= 0.3 is 0 Å². The van der Waals surface area contributed by atoms with Crippen LogP contribution in [0.1, 0.15) is 49.1 Å². The molecule has 40 heavy (non-hydrogen) atoms. The fourth-order valence-corrected chi connectivity index (χ4v) is 5.44. The number of aryl methyl sites for hydroxylation is 4. The first kappa shape index (κ1) is 29.3. The van der Waals surface area contributed by atoms with E-state index in [1.807, 2.05) is 85.4 Å². The monoisotopic (exact) mass is 545 g/mol. The molecule has 214 valence electrons. The molecule has 0 N–H and O–H groups in total. The average Bonchev–Trinajstić information content (AvgIpc) is 3.24. The molecule has 8 heteroatoms. The minimum Gasteiger partial charge on any atom is -0.484 e. The number of anilines is 1. The third-order valence-corrected chi connectivity index (χ3v) is 7.65. The minimum atomic E-state index is -0.0836. The standard InChI is InChI=1S/C32H43N5O3/c1-24(2)35-17-10-18-37(31(39)23-40-29-13-7-6-8-14-29)32-25(3)11-9-12-28(32)22-36(20-19-35)30(38)16-15-27-21-34(5)33-26(27)4/h6-9,11-14,21,24H,10,15-20,22-23H2,1-5H3. The fraction of sp³-hybridized carbons (Fsp3) is 0.469. The van der Waals surface area contributed by atoms with Gasteiger partial charge in [-0.3, -0.25) is 19.2 Å². The molecular formula is C32H43N5O3. The van der Waals surface area contributed by atoms with Crippen molar-refractivity contribution in [1.82, 2.24) is 19.6 Å². The lowest BCUT2D eigenvalue weighted by molar-refractivity contribution is -0.132. The molecule has 0 aliphatic carbocycles. The number of fused-ring (bicyclic) bond motifs is 1. The molecule has 3 aromatic rings. The molecule has 2 aromatic carbocycles. The van der Waals surface area contributed by atoms with Crippen LogP contribution in [0.15, 0.2) is 54.7 Å². The molecule has 1 aromatic heterocycles. The minimum absolute atomic E-state index is 0.0429. The molecule has 4 rings (SSSR count). The number of nitrogens with zero attached hydrogens (tertiary/aromatic N) is 5. The molecule has 0 saturated carbocycles. The highest BCUT2D eigenvalue weighted by Gasteiger charge is 2.26. The van der Waals surface area contributed by atoms with Crippen molar-refractivity contribution < 1.29 is 14.3 Å². The van der Waals surface area contributed by atoms with Gasteiger partial charge in [-0.15, -0.1) is 0 Å². The van der Waals surface area contributed by atoms with Gasteiger partial charge in [0, 0.05) is 58.4 Å². The van der Waals surface area contributed by atoms with Gasteiger partial charge in [0.25, 0.3) is 5.91 Å². The number of hydrogen-bond acceptors (Lipinski definition) is 5. The predicted molar refractivity (Wildman–Crippen MR) is 158 cm³/mol. The van der Waals surface area contributed by atoms with Gasteiger partial charge in [-0.2, -0.15) is 5.10 Å². The molecule has 0 fully saturated rings. The number of para-hydroxylation sites is 2. The van der Waals surface area contributed by atoms with Crippen LogP contribution in [0.2, 0.25) is 0 Å². The molecule has 0 radical (unpaired) electrons. The van der Waals surface area contributed by atoms with E-state index in [0.29, 0.717) is 44.3 Å². The summed E-state index contributed by atoms with van der Waals surface area (Å²) >= 11 is 0. The number of rotatable bonds is 7. The molecule has 2 amide bonds. The normalized spacial score (nSPS) is 15.1. The summed E-state index contributed by atoms with van der Waals surface area (Å²) in [6, 6.07) is 15.9. The largest absolute Gasteiger partial charge is 0.484 e. The fourth-order valence-electron chi connectivity index (χ4n) is 5.44. The maximum atomic E-state index is 13.7. The van der Waals surface area contributed by atoms with Crippen molar-refractivity contribution in [3.05, 3.63) is 77.1 Å². The average molecular weight is 546 g/mol. The SMILES string of the molecule is Cc1cccc2c1N(C(=O)COc1ccccc1)CCCN(C(C)C)CCN(C(=O)CCc1cn(C)nc1C)C2. The first-order valence-electron chi connectivity index (χ1n) is 14.3. The summed E-state index contributed by atoms with van der Waals surface area (Å²) < 4.78 is 7.66. The Kier molecular flexibility index (Phi) is 9.98. The van der Waals surface area contributed by atoms with Gasteiger partial charge < -0.3 is 14.5 Å². The van der Waals surface area contributed by atoms with Crippen LogP contribution in [0.5, 0.6) is 5.75 Å². The third kappa shape index (κ3) is 7.50. The van der Waals surface area contributed by atoms with Gasteiger partial charge in [-0.25, -0.2) is 0 Å². The predicted octanol–water partition coefficient (Wildman–Crippen LogP) is 4.52. The Morgan fingerprint density at radius 1 is 0.950 bits per heavy atom. The van der Waals surface area contributed by atoms with Gasteiger partial charge in [-0.1, -0.05) is 36.4 Å². The molecule has 0 saturated heterocycles. The second-order valence-corrected chi connectivity index (χ2v) is 10.9. The molecule has 0 unspecified atom stereocenters.